The Morgan fingerprint density at radius 2 is 1.86 bits per heavy atom. The topological polar surface area (TPSA) is 46.3 Å². The van der Waals surface area contributed by atoms with Gasteiger partial charge < -0.3 is 10.6 Å². The Hall–Kier alpha value is -1.52. The normalized spacial score (nSPS) is 12.0. The van der Waals surface area contributed by atoms with Gasteiger partial charge in [0.25, 0.3) is 5.91 Å². The predicted octanol–water partition coefficient (Wildman–Crippen LogP) is 4.52. The maximum atomic E-state index is 12.6. The van der Waals surface area contributed by atoms with E-state index in [9.17, 15) is 4.79 Å². The van der Waals surface area contributed by atoms with E-state index in [1.807, 2.05) is 31.2 Å². The van der Waals surface area contributed by atoms with Crippen molar-refractivity contribution in [1.29, 1.82) is 0 Å². The fraction of sp³-hybridized carbons (Fsp3) is 0.188. The Morgan fingerprint density at radius 1 is 1.24 bits per heavy atom. The van der Waals surface area contributed by atoms with Crippen molar-refractivity contribution in [3.05, 3.63) is 63.1 Å². The number of amides is 1. The van der Waals surface area contributed by atoms with Gasteiger partial charge in [0.1, 0.15) is 0 Å². The molecule has 2 N–H and O–H groups in total. The number of carbonyl (C=O) groups is 1. The first kappa shape index (κ1) is 15.9. The maximum absolute atomic E-state index is 12.6. The third-order valence-electron chi connectivity index (χ3n) is 3.51. The standard InChI is InChI=1S/C16H16BrClN2O/c1-10(11-6-8-12(18)9-7-11)20(2)16(21)13-4-3-5-14(19)15(13)17/h3-10H,19H2,1-2H3. The van der Waals surface area contributed by atoms with Crippen LogP contribution in [-0.4, -0.2) is 17.9 Å². The molecule has 3 nitrogen and oxygen atoms in total. The molecule has 0 spiro atoms. The zero-order chi connectivity index (χ0) is 15.6. The summed E-state index contributed by atoms with van der Waals surface area (Å²) in [6.45, 7) is 1.97. The fourth-order valence-corrected chi connectivity index (χ4v) is 2.61. The number of hydrogen-bond acceptors (Lipinski definition) is 2. The lowest BCUT2D eigenvalue weighted by Crippen LogP contribution is -2.30. The van der Waals surface area contributed by atoms with Crippen LogP contribution in [0.5, 0.6) is 0 Å². The highest BCUT2D eigenvalue weighted by atomic mass is 79.9. The highest BCUT2D eigenvalue weighted by Gasteiger charge is 2.21. The summed E-state index contributed by atoms with van der Waals surface area (Å²) in [5.41, 5.74) is 7.96. The largest absolute Gasteiger partial charge is 0.398 e. The van der Waals surface area contributed by atoms with Crippen molar-refractivity contribution in [2.45, 2.75) is 13.0 Å². The SMILES string of the molecule is CC(c1ccc(Cl)cc1)N(C)C(=O)c1cccc(N)c1Br. The van der Waals surface area contributed by atoms with Gasteiger partial charge in [-0.05, 0) is 52.7 Å². The first-order chi connectivity index (χ1) is 9.91. The summed E-state index contributed by atoms with van der Waals surface area (Å²) in [5.74, 6) is -0.0865. The molecule has 0 aromatic heterocycles. The second-order valence-corrected chi connectivity index (χ2v) is 6.08. The van der Waals surface area contributed by atoms with E-state index < -0.39 is 0 Å². The smallest absolute Gasteiger partial charge is 0.255 e. The first-order valence-electron chi connectivity index (χ1n) is 6.48. The Bertz CT molecular complexity index is 658. The molecule has 0 saturated carbocycles. The first-order valence-corrected chi connectivity index (χ1v) is 7.65. The highest BCUT2D eigenvalue weighted by molar-refractivity contribution is 9.10. The maximum Gasteiger partial charge on any atom is 0.255 e. The molecule has 1 unspecified atom stereocenters. The van der Waals surface area contributed by atoms with Gasteiger partial charge in [0.15, 0.2) is 0 Å². The lowest BCUT2D eigenvalue weighted by atomic mass is 10.1. The average Bonchev–Trinajstić information content (AvgIpc) is 2.48. The minimum absolute atomic E-state index is 0.0666. The van der Waals surface area contributed by atoms with Crippen LogP contribution in [0.15, 0.2) is 46.9 Å². The molecule has 2 aromatic rings. The van der Waals surface area contributed by atoms with Crippen LogP contribution in [0.4, 0.5) is 5.69 Å². The van der Waals surface area contributed by atoms with Crippen molar-refractivity contribution in [3.63, 3.8) is 0 Å². The van der Waals surface area contributed by atoms with Gasteiger partial charge in [0.2, 0.25) is 0 Å². The number of nitrogens with zero attached hydrogens (tertiary/aromatic N) is 1. The monoisotopic (exact) mass is 366 g/mol. The van der Waals surface area contributed by atoms with E-state index in [0.717, 1.165) is 5.56 Å². The Morgan fingerprint density at radius 3 is 2.48 bits per heavy atom. The van der Waals surface area contributed by atoms with Gasteiger partial charge in [0.05, 0.1) is 16.1 Å². The minimum Gasteiger partial charge on any atom is -0.398 e. The van der Waals surface area contributed by atoms with E-state index in [1.165, 1.54) is 0 Å². The molecule has 0 aliphatic carbocycles. The highest BCUT2D eigenvalue weighted by Crippen LogP contribution is 2.28. The zero-order valence-corrected chi connectivity index (χ0v) is 14.1. The lowest BCUT2D eigenvalue weighted by Gasteiger charge is -2.26. The number of benzene rings is 2. The molecule has 110 valence electrons. The van der Waals surface area contributed by atoms with Gasteiger partial charge in [-0.15, -0.1) is 0 Å². The van der Waals surface area contributed by atoms with Crippen LogP contribution in [0.1, 0.15) is 28.9 Å². The second-order valence-electron chi connectivity index (χ2n) is 4.85. The molecule has 0 aliphatic rings. The van der Waals surface area contributed by atoms with Gasteiger partial charge in [-0.3, -0.25) is 4.79 Å². The molecule has 1 atom stereocenters. The molecule has 5 heteroatoms. The molecule has 0 bridgehead atoms. The molecule has 0 heterocycles. The third-order valence-corrected chi connectivity index (χ3v) is 4.65. The number of anilines is 1. The number of rotatable bonds is 3. The van der Waals surface area contributed by atoms with E-state index >= 15 is 0 Å². The predicted molar refractivity (Wildman–Crippen MR) is 90.5 cm³/mol. The molecule has 1 amide bonds. The molecule has 2 aromatic carbocycles. The molecule has 0 radical (unpaired) electrons. The summed E-state index contributed by atoms with van der Waals surface area (Å²) in [6.07, 6.45) is 0. The van der Waals surface area contributed by atoms with E-state index in [2.05, 4.69) is 15.9 Å². The van der Waals surface area contributed by atoms with Crippen LogP contribution in [0.3, 0.4) is 0 Å². The second kappa shape index (κ2) is 6.50. The average molecular weight is 368 g/mol. The zero-order valence-electron chi connectivity index (χ0n) is 11.8. The van der Waals surface area contributed by atoms with E-state index in [1.54, 1.807) is 30.1 Å². The Kier molecular flexibility index (Phi) is 4.91. The summed E-state index contributed by atoms with van der Waals surface area (Å²) in [4.78, 5) is 14.3. The number of hydrogen-bond donors (Lipinski definition) is 1. The van der Waals surface area contributed by atoms with Crippen molar-refractivity contribution in [3.8, 4) is 0 Å². The number of nitrogen functional groups attached to an aromatic ring is 1. The van der Waals surface area contributed by atoms with Crippen LogP contribution >= 0.6 is 27.5 Å². The van der Waals surface area contributed by atoms with Crippen molar-refractivity contribution in [1.82, 2.24) is 4.90 Å². The summed E-state index contributed by atoms with van der Waals surface area (Å²) in [5, 5.41) is 0.679. The third kappa shape index (κ3) is 3.39. The van der Waals surface area contributed by atoms with Crippen molar-refractivity contribution >= 4 is 39.1 Å². The molecule has 0 aliphatic heterocycles. The summed E-state index contributed by atoms with van der Waals surface area (Å²) >= 11 is 9.27. The quantitative estimate of drug-likeness (QED) is 0.811. The summed E-state index contributed by atoms with van der Waals surface area (Å²) in [6, 6.07) is 12.7. The van der Waals surface area contributed by atoms with E-state index in [-0.39, 0.29) is 11.9 Å². The number of halogens is 2. The van der Waals surface area contributed by atoms with Crippen LogP contribution in [0.2, 0.25) is 5.02 Å². The van der Waals surface area contributed by atoms with Crippen LogP contribution < -0.4 is 5.73 Å². The molecule has 2 rings (SSSR count). The molecular formula is C16H16BrClN2O. The molecule has 0 fully saturated rings. The van der Waals surface area contributed by atoms with Gasteiger partial charge >= 0.3 is 0 Å². The molecule has 0 saturated heterocycles. The minimum atomic E-state index is -0.0865. The van der Waals surface area contributed by atoms with Crippen molar-refractivity contribution in [2.75, 3.05) is 12.8 Å². The molecular weight excluding hydrogens is 352 g/mol. The van der Waals surface area contributed by atoms with Crippen LogP contribution in [0.25, 0.3) is 0 Å². The summed E-state index contributed by atoms with van der Waals surface area (Å²) in [7, 11) is 1.78. The van der Waals surface area contributed by atoms with E-state index in [0.29, 0.717) is 20.7 Å². The van der Waals surface area contributed by atoms with Crippen LogP contribution in [0, 0.1) is 0 Å². The number of carbonyl (C=O) groups excluding carboxylic acids is 1. The van der Waals surface area contributed by atoms with Gasteiger partial charge in [0, 0.05) is 17.8 Å². The van der Waals surface area contributed by atoms with Crippen molar-refractivity contribution < 1.29 is 4.79 Å². The van der Waals surface area contributed by atoms with Crippen molar-refractivity contribution in [2.24, 2.45) is 0 Å². The molecule has 21 heavy (non-hydrogen) atoms. The lowest BCUT2D eigenvalue weighted by molar-refractivity contribution is 0.0742. The van der Waals surface area contributed by atoms with Gasteiger partial charge in [-0.1, -0.05) is 29.8 Å². The van der Waals surface area contributed by atoms with E-state index in [4.69, 9.17) is 17.3 Å². The van der Waals surface area contributed by atoms with Gasteiger partial charge in [-0.25, -0.2) is 0 Å². The Balaban J connectivity index is 2.26. The summed E-state index contributed by atoms with van der Waals surface area (Å²) < 4.78 is 0.630. The van der Waals surface area contributed by atoms with Gasteiger partial charge in [-0.2, -0.15) is 0 Å². The Labute approximate surface area is 137 Å². The number of nitrogens with two attached hydrogens (primary N) is 1. The van der Waals surface area contributed by atoms with Crippen LogP contribution in [-0.2, 0) is 0 Å². The fourth-order valence-electron chi connectivity index (χ4n) is 2.05.